The summed E-state index contributed by atoms with van der Waals surface area (Å²) in [5.74, 6) is 0.428. The Kier molecular flexibility index (Phi) is 4.51. The lowest BCUT2D eigenvalue weighted by molar-refractivity contribution is -0.155. The van der Waals surface area contributed by atoms with Crippen LogP contribution in [0.2, 0.25) is 0 Å². The van der Waals surface area contributed by atoms with Crippen molar-refractivity contribution in [3.05, 3.63) is 12.2 Å². The molecule has 0 aromatic carbocycles. The summed E-state index contributed by atoms with van der Waals surface area (Å²) in [4.78, 5) is 27.2. The van der Waals surface area contributed by atoms with Crippen LogP contribution in [0.25, 0.3) is 0 Å². The molecule has 20 heavy (non-hydrogen) atoms. The average molecular weight is 278 g/mol. The molecule has 4 nitrogen and oxygen atoms in total. The van der Waals surface area contributed by atoms with Crippen LogP contribution in [-0.4, -0.2) is 34.8 Å². The van der Waals surface area contributed by atoms with Gasteiger partial charge in [0.25, 0.3) is 0 Å². The van der Waals surface area contributed by atoms with Crippen molar-refractivity contribution in [1.29, 1.82) is 0 Å². The van der Waals surface area contributed by atoms with Crippen LogP contribution in [0.3, 0.4) is 0 Å². The first-order valence-electron chi connectivity index (χ1n) is 7.74. The summed E-state index contributed by atoms with van der Waals surface area (Å²) < 4.78 is 0. The summed E-state index contributed by atoms with van der Waals surface area (Å²) in [7, 11) is 0. The highest BCUT2D eigenvalue weighted by Crippen LogP contribution is 2.28. The maximum absolute atomic E-state index is 12.9. The van der Waals surface area contributed by atoms with Crippen LogP contribution < -0.4 is 5.32 Å². The van der Waals surface area contributed by atoms with Crippen molar-refractivity contribution < 1.29 is 9.59 Å². The second-order valence-corrected chi connectivity index (χ2v) is 6.40. The van der Waals surface area contributed by atoms with Crippen LogP contribution in [0, 0.1) is 11.8 Å². The van der Waals surface area contributed by atoms with E-state index < -0.39 is 0 Å². The zero-order chi connectivity index (χ0) is 14.9. The highest BCUT2D eigenvalue weighted by atomic mass is 16.2. The summed E-state index contributed by atoms with van der Waals surface area (Å²) in [6.45, 7) is 8.11. The van der Waals surface area contributed by atoms with Gasteiger partial charge in [-0.1, -0.05) is 46.3 Å². The number of hydrogen-bond acceptors (Lipinski definition) is 2. The minimum atomic E-state index is -0.358. The van der Waals surface area contributed by atoms with E-state index in [4.69, 9.17) is 0 Å². The maximum Gasteiger partial charge on any atom is 0.246 e. The monoisotopic (exact) mass is 278 g/mol. The van der Waals surface area contributed by atoms with E-state index in [9.17, 15) is 9.59 Å². The van der Waals surface area contributed by atoms with E-state index in [1.807, 2.05) is 25.7 Å². The minimum absolute atomic E-state index is 0.0109. The predicted molar refractivity (Wildman–Crippen MR) is 79.0 cm³/mol. The molecule has 0 radical (unpaired) electrons. The van der Waals surface area contributed by atoms with Crippen LogP contribution in [0.4, 0.5) is 0 Å². The van der Waals surface area contributed by atoms with E-state index >= 15 is 0 Å². The summed E-state index contributed by atoms with van der Waals surface area (Å²) >= 11 is 0. The number of hydrogen-bond donors (Lipinski definition) is 1. The Morgan fingerprint density at radius 3 is 2.35 bits per heavy atom. The van der Waals surface area contributed by atoms with E-state index in [1.54, 1.807) is 0 Å². The van der Waals surface area contributed by atoms with Gasteiger partial charge in [0.05, 0.1) is 0 Å². The van der Waals surface area contributed by atoms with E-state index in [-0.39, 0.29) is 41.8 Å². The molecule has 1 fully saturated rings. The molecule has 0 saturated carbocycles. The number of amides is 2. The summed E-state index contributed by atoms with van der Waals surface area (Å²) in [5.41, 5.74) is 0. The molecule has 1 N–H and O–H groups in total. The molecule has 3 unspecified atom stereocenters. The van der Waals surface area contributed by atoms with Gasteiger partial charge in [-0.05, 0) is 24.7 Å². The van der Waals surface area contributed by atoms with Crippen LogP contribution >= 0.6 is 0 Å². The second kappa shape index (κ2) is 5.98. The van der Waals surface area contributed by atoms with Gasteiger partial charge in [-0.25, -0.2) is 0 Å². The van der Waals surface area contributed by atoms with Gasteiger partial charge in [-0.15, -0.1) is 0 Å². The molecule has 0 aromatic heterocycles. The van der Waals surface area contributed by atoms with Crippen LogP contribution in [0.5, 0.6) is 0 Å². The maximum atomic E-state index is 12.9. The van der Waals surface area contributed by atoms with Crippen LogP contribution in [0.1, 0.15) is 47.0 Å². The minimum Gasteiger partial charge on any atom is -0.342 e. The molecule has 1 heterocycles. The molecule has 2 amide bonds. The lowest BCUT2D eigenvalue weighted by atomic mass is 9.89. The number of nitrogens with one attached hydrogen (secondary N) is 1. The first-order chi connectivity index (χ1) is 9.47. The molecule has 0 bridgehead atoms. The third kappa shape index (κ3) is 2.60. The molecule has 0 spiro atoms. The van der Waals surface area contributed by atoms with Crippen molar-refractivity contribution in [3.8, 4) is 0 Å². The van der Waals surface area contributed by atoms with E-state index in [0.29, 0.717) is 0 Å². The van der Waals surface area contributed by atoms with Crippen LogP contribution in [-0.2, 0) is 9.59 Å². The number of rotatable bonds is 4. The average Bonchev–Trinajstić information content (AvgIpc) is 2.92. The summed E-state index contributed by atoms with van der Waals surface area (Å²) in [5, 5.41) is 2.95. The van der Waals surface area contributed by atoms with Gasteiger partial charge in [0.2, 0.25) is 11.8 Å². The zero-order valence-electron chi connectivity index (χ0n) is 12.9. The van der Waals surface area contributed by atoms with Gasteiger partial charge in [0.1, 0.15) is 12.1 Å². The molecule has 0 aromatic rings. The Labute approximate surface area is 121 Å². The normalized spacial score (nSPS) is 29.1. The molecule has 1 saturated heterocycles. The quantitative estimate of drug-likeness (QED) is 0.801. The lowest BCUT2D eigenvalue weighted by Gasteiger charge is -2.45. The second-order valence-electron chi connectivity index (χ2n) is 6.40. The van der Waals surface area contributed by atoms with E-state index in [2.05, 4.69) is 24.4 Å². The first kappa shape index (κ1) is 15.1. The smallest absolute Gasteiger partial charge is 0.246 e. The van der Waals surface area contributed by atoms with Crippen LogP contribution in [0.15, 0.2) is 12.2 Å². The number of piperazine rings is 1. The van der Waals surface area contributed by atoms with Gasteiger partial charge in [-0.2, -0.15) is 0 Å². The Hall–Kier alpha value is -1.32. The fraction of sp³-hybridized carbons (Fsp3) is 0.750. The van der Waals surface area contributed by atoms with Gasteiger partial charge in [0.15, 0.2) is 0 Å². The first-order valence-corrected chi connectivity index (χ1v) is 7.74. The van der Waals surface area contributed by atoms with Crippen molar-refractivity contribution >= 4 is 11.8 Å². The van der Waals surface area contributed by atoms with Crippen molar-refractivity contribution in [2.75, 3.05) is 0 Å². The molecule has 112 valence electrons. The Morgan fingerprint density at radius 1 is 1.25 bits per heavy atom. The van der Waals surface area contributed by atoms with Crippen molar-refractivity contribution in [1.82, 2.24) is 10.2 Å². The van der Waals surface area contributed by atoms with Gasteiger partial charge in [-0.3, -0.25) is 9.59 Å². The molecule has 1 aliphatic heterocycles. The fourth-order valence-corrected chi connectivity index (χ4v) is 3.21. The van der Waals surface area contributed by atoms with E-state index in [0.717, 1.165) is 19.3 Å². The number of carbonyl (C=O) groups excluding carboxylic acids is 2. The molecular weight excluding hydrogens is 252 g/mol. The predicted octanol–water partition coefficient (Wildman–Crippen LogP) is 2.10. The number of nitrogens with zero attached hydrogens (tertiary/aromatic N) is 1. The molecule has 1 aliphatic carbocycles. The Morgan fingerprint density at radius 2 is 1.85 bits per heavy atom. The zero-order valence-corrected chi connectivity index (χ0v) is 12.9. The van der Waals surface area contributed by atoms with Crippen molar-refractivity contribution in [2.45, 2.75) is 65.1 Å². The van der Waals surface area contributed by atoms with E-state index in [1.165, 1.54) is 0 Å². The third-order valence-electron chi connectivity index (χ3n) is 4.61. The topological polar surface area (TPSA) is 49.4 Å². The van der Waals surface area contributed by atoms with Gasteiger partial charge < -0.3 is 10.2 Å². The fourth-order valence-electron chi connectivity index (χ4n) is 3.21. The van der Waals surface area contributed by atoms with Crippen molar-refractivity contribution in [3.63, 3.8) is 0 Å². The molecule has 4 heteroatoms. The third-order valence-corrected chi connectivity index (χ3v) is 4.61. The highest BCUT2D eigenvalue weighted by molar-refractivity contribution is 5.97. The molecule has 2 rings (SSSR count). The highest BCUT2D eigenvalue weighted by Gasteiger charge is 2.46. The van der Waals surface area contributed by atoms with Gasteiger partial charge >= 0.3 is 0 Å². The summed E-state index contributed by atoms with van der Waals surface area (Å²) in [6, 6.07) is -0.525. The van der Waals surface area contributed by atoms with Gasteiger partial charge in [0, 0.05) is 6.04 Å². The summed E-state index contributed by atoms with van der Waals surface area (Å²) in [6.07, 6.45) is 6.85. The standard InChI is InChI=1S/C16H26N2O2/c1-5-11(4)13-16(20)18(12-8-6-7-9-12)14(10(2)3)15(19)17-13/h6-7,10-14H,5,8-9H2,1-4H3,(H,17,19). The molecule has 3 atom stereocenters. The largest absolute Gasteiger partial charge is 0.342 e. The Balaban J connectivity index is 2.28. The molecule has 2 aliphatic rings. The SMILES string of the molecule is CCC(C)C1NC(=O)C(C(C)C)N(C2CC=CC2)C1=O. The Bertz CT molecular complexity index is 409. The lowest BCUT2D eigenvalue weighted by Crippen LogP contribution is -2.68. The molecular formula is C16H26N2O2. The van der Waals surface area contributed by atoms with Crippen molar-refractivity contribution in [2.24, 2.45) is 11.8 Å². The number of carbonyl (C=O) groups is 2.